The minimum absolute atomic E-state index is 0.203. The van der Waals surface area contributed by atoms with Crippen molar-refractivity contribution < 1.29 is 9.59 Å². The van der Waals surface area contributed by atoms with E-state index in [1.807, 2.05) is 86.5 Å². The van der Waals surface area contributed by atoms with Crippen molar-refractivity contribution in [3.63, 3.8) is 0 Å². The minimum Gasteiger partial charge on any atom is -0.378 e. The van der Waals surface area contributed by atoms with Crippen LogP contribution in [-0.2, 0) is 9.59 Å². The minimum atomic E-state index is -0.491. The number of rotatable bonds is 6. The molecule has 2 atom stereocenters. The maximum absolute atomic E-state index is 12.5. The van der Waals surface area contributed by atoms with Gasteiger partial charge in [0.25, 0.3) is 0 Å². The first-order chi connectivity index (χ1) is 13.3. The first-order valence-electron chi connectivity index (χ1n) is 9.13. The fourth-order valence-corrected chi connectivity index (χ4v) is 3.08. The third-order valence-electron chi connectivity index (χ3n) is 4.89. The molecule has 3 rings (SSSR count). The van der Waals surface area contributed by atoms with E-state index < -0.39 is 11.8 Å². The summed E-state index contributed by atoms with van der Waals surface area (Å²) in [5, 5.41) is 5.73. The van der Waals surface area contributed by atoms with Gasteiger partial charge in [0.15, 0.2) is 0 Å². The lowest BCUT2D eigenvalue weighted by Crippen LogP contribution is -2.20. The van der Waals surface area contributed by atoms with E-state index in [0.717, 1.165) is 11.4 Å². The zero-order valence-corrected chi connectivity index (χ0v) is 16.7. The second kappa shape index (κ2) is 7.76. The van der Waals surface area contributed by atoms with Crippen molar-refractivity contribution in [2.45, 2.75) is 0 Å². The highest BCUT2D eigenvalue weighted by Crippen LogP contribution is 2.45. The molecular weight excluding hydrogens is 352 g/mol. The van der Waals surface area contributed by atoms with Crippen LogP contribution in [0.4, 0.5) is 22.7 Å². The molecule has 0 unspecified atom stereocenters. The van der Waals surface area contributed by atoms with Crippen LogP contribution >= 0.6 is 0 Å². The van der Waals surface area contributed by atoms with E-state index in [-0.39, 0.29) is 11.8 Å². The summed E-state index contributed by atoms with van der Waals surface area (Å²) in [6, 6.07) is 15.1. The number of amides is 2. The van der Waals surface area contributed by atoms with Gasteiger partial charge in [0.05, 0.1) is 11.8 Å². The summed E-state index contributed by atoms with van der Waals surface area (Å²) in [5.74, 6) is -1.39. The Labute approximate surface area is 165 Å². The summed E-state index contributed by atoms with van der Waals surface area (Å²) in [6.07, 6.45) is 0. The first kappa shape index (κ1) is 19.5. The number of carbonyl (C=O) groups excluding carboxylic acids is 2. The van der Waals surface area contributed by atoms with Crippen molar-refractivity contribution in [1.29, 1.82) is 0 Å². The van der Waals surface area contributed by atoms with Crippen LogP contribution < -0.4 is 20.4 Å². The number of nitrogens with one attached hydrogen (secondary N) is 2. The topological polar surface area (TPSA) is 64.7 Å². The average Bonchev–Trinajstić information content (AvgIpc) is 3.34. The van der Waals surface area contributed by atoms with Crippen molar-refractivity contribution in [3.8, 4) is 0 Å². The van der Waals surface area contributed by atoms with Gasteiger partial charge in [-0.1, -0.05) is 12.2 Å². The normalized spacial score (nSPS) is 17.6. The van der Waals surface area contributed by atoms with Crippen molar-refractivity contribution >= 4 is 34.6 Å². The molecule has 6 heteroatoms. The van der Waals surface area contributed by atoms with E-state index in [2.05, 4.69) is 17.2 Å². The number of hydrogen-bond acceptors (Lipinski definition) is 4. The molecule has 2 aromatic carbocycles. The van der Waals surface area contributed by atoms with E-state index in [9.17, 15) is 9.59 Å². The second-order valence-electron chi connectivity index (χ2n) is 7.39. The zero-order valence-electron chi connectivity index (χ0n) is 16.7. The highest BCUT2D eigenvalue weighted by atomic mass is 16.2. The zero-order chi connectivity index (χ0) is 20.4. The van der Waals surface area contributed by atoms with Gasteiger partial charge >= 0.3 is 0 Å². The summed E-state index contributed by atoms with van der Waals surface area (Å²) in [4.78, 5) is 29.0. The van der Waals surface area contributed by atoms with Crippen molar-refractivity contribution in [2.24, 2.45) is 11.8 Å². The molecule has 1 aliphatic carbocycles. The predicted molar refractivity (Wildman–Crippen MR) is 115 cm³/mol. The van der Waals surface area contributed by atoms with E-state index in [1.54, 1.807) is 0 Å². The SMILES string of the molecule is C=C1[C@H](C(=O)Nc2ccc(N(C)C)cc2)[C@H]1C(=O)Nc1ccc(N(C)C)cc1. The lowest BCUT2D eigenvalue weighted by Gasteiger charge is -2.13. The summed E-state index contributed by atoms with van der Waals surface area (Å²) in [5.41, 5.74) is 4.14. The Morgan fingerprint density at radius 2 is 1.04 bits per heavy atom. The lowest BCUT2D eigenvalue weighted by atomic mass is 10.2. The van der Waals surface area contributed by atoms with Crippen LogP contribution in [0.5, 0.6) is 0 Å². The third kappa shape index (κ3) is 4.17. The van der Waals surface area contributed by atoms with Gasteiger partial charge in [0, 0.05) is 50.9 Å². The number of anilines is 4. The van der Waals surface area contributed by atoms with Crippen LogP contribution in [0.3, 0.4) is 0 Å². The van der Waals surface area contributed by atoms with Crippen LogP contribution in [0.1, 0.15) is 0 Å². The Morgan fingerprint density at radius 3 is 1.32 bits per heavy atom. The molecule has 0 spiro atoms. The second-order valence-corrected chi connectivity index (χ2v) is 7.39. The smallest absolute Gasteiger partial charge is 0.232 e. The molecule has 0 heterocycles. The molecule has 0 aliphatic heterocycles. The lowest BCUT2D eigenvalue weighted by molar-refractivity contribution is -0.122. The van der Waals surface area contributed by atoms with Gasteiger partial charge in [0.1, 0.15) is 0 Å². The third-order valence-corrected chi connectivity index (χ3v) is 4.89. The van der Waals surface area contributed by atoms with E-state index >= 15 is 0 Å². The summed E-state index contributed by atoms with van der Waals surface area (Å²) in [6.45, 7) is 3.89. The maximum atomic E-state index is 12.5. The highest BCUT2D eigenvalue weighted by molar-refractivity contribution is 6.08. The van der Waals surface area contributed by atoms with Crippen LogP contribution in [0.2, 0.25) is 0 Å². The Balaban J connectivity index is 1.58. The van der Waals surface area contributed by atoms with Crippen molar-refractivity contribution in [1.82, 2.24) is 0 Å². The molecule has 0 aromatic heterocycles. The van der Waals surface area contributed by atoms with Gasteiger partial charge in [-0.25, -0.2) is 0 Å². The monoisotopic (exact) mass is 378 g/mol. The molecule has 0 saturated heterocycles. The Bertz CT molecular complexity index is 812. The average molecular weight is 378 g/mol. The van der Waals surface area contributed by atoms with Crippen LogP contribution in [0, 0.1) is 11.8 Å². The summed E-state index contributed by atoms with van der Waals surface area (Å²) in [7, 11) is 7.83. The van der Waals surface area contributed by atoms with E-state index in [4.69, 9.17) is 0 Å². The van der Waals surface area contributed by atoms with Crippen molar-refractivity contribution in [3.05, 3.63) is 60.7 Å². The first-order valence-corrected chi connectivity index (χ1v) is 9.13. The molecule has 6 nitrogen and oxygen atoms in total. The van der Waals surface area contributed by atoms with Gasteiger partial charge in [-0.05, 0) is 48.5 Å². The van der Waals surface area contributed by atoms with Crippen LogP contribution in [-0.4, -0.2) is 40.0 Å². The Kier molecular flexibility index (Phi) is 5.40. The number of carbonyl (C=O) groups is 2. The van der Waals surface area contributed by atoms with Crippen LogP contribution in [0.25, 0.3) is 0 Å². The van der Waals surface area contributed by atoms with Gasteiger partial charge in [0.2, 0.25) is 11.8 Å². The molecular formula is C22H26N4O2. The highest BCUT2D eigenvalue weighted by Gasteiger charge is 2.52. The molecule has 28 heavy (non-hydrogen) atoms. The van der Waals surface area contributed by atoms with Gasteiger partial charge in [-0.2, -0.15) is 0 Å². The molecule has 1 saturated carbocycles. The van der Waals surface area contributed by atoms with Crippen LogP contribution in [0.15, 0.2) is 60.7 Å². The number of hydrogen-bond donors (Lipinski definition) is 2. The Hall–Kier alpha value is -3.28. The fraction of sp³-hybridized carbons (Fsp3) is 0.273. The number of benzene rings is 2. The quantitative estimate of drug-likeness (QED) is 0.758. The predicted octanol–water partition coefficient (Wildman–Crippen LogP) is 3.20. The molecule has 0 radical (unpaired) electrons. The molecule has 2 aromatic rings. The molecule has 2 N–H and O–H groups in total. The molecule has 146 valence electrons. The fourth-order valence-electron chi connectivity index (χ4n) is 3.08. The summed E-state index contributed by atoms with van der Waals surface area (Å²) < 4.78 is 0. The van der Waals surface area contributed by atoms with Crippen molar-refractivity contribution in [2.75, 3.05) is 48.6 Å². The van der Waals surface area contributed by atoms with Gasteiger partial charge in [-0.15, -0.1) is 0 Å². The summed E-state index contributed by atoms with van der Waals surface area (Å²) >= 11 is 0. The number of nitrogens with zero attached hydrogens (tertiary/aromatic N) is 2. The standard InChI is InChI=1S/C22H26N4O2/c1-14-19(21(27)23-15-6-10-17(11-7-15)25(2)3)20(14)22(28)24-16-8-12-18(13-9-16)26(4)5/h6-13,19-20H,1H2,2-5H3,(H,23,27)(H,24,28)/t19-,20-/m0/s1. The van der Waals surface area contributed by atoms with Gasteiger partial charge < -0.3 is 20.4 Å². The van der Waals surface area contributed by atoms with Gasteiger partial charge in [-0.3, -0.25) is 9.59 Å². The molecule has 0 bridgehead atoms. The molecule has 1 fully saturated rings. The van der Waals surface area contributed by atoms with E-state index in [0.29, 0.717) is 16.9 Å². The molecule has 1 aliphatic rings. The largest absolute Gasteiger partial charge is 0.378 e. The van der Waals surface area contributed by atoms with E-state index in [1.165, 1.54) is 0 Å². The Morgan fingerprint density at radius 1 is 0.714 bits per heavy atom. The molecule has 2 amide bonds. The maximum Gasteiger partial charge on any atom is 0.232 e.